The van der Waals surface area contributed by atoms with Gasteiger partial charge in [0.1, 0.15) is 0 Å². The Labute approximate surface area is 165 Å². The summed E-state index contributed by atoms with van der Waals surface area (Å²) in [5.41, 5.74) is 3.67. The van der Waals surface area contributed by atoms with Crippen molar-refractivity contribution in [1.29, 1.82) is 0 Å². The van der Waals surface area contributed by atoms with E-state index >= 15 is 0 Å². The summed E-state index contributed by atoms with van der Waals surface area (Å²) in [6, 6.07) is 10.6. The molecule has 0 unspecified atom stereocenters. The van der Waals surface area contributed by atoms with Crippen molar-refractivity contribution in [2.75, 3.05) is 13.2 Å². The summed E-state index contributed by atoms with van der Waals surface area (Å²) in [7, 11) is 0. The van der Waals surface area contributed by atoms with E-state index in [1.807, 2.05) is 6.92 Å². The Hall–Kier alpha value is -1.12. The molecule has 132 valence electrons. The van der Waals surface area contributed by atoms with Gasteiger partial charge in [0.2, 0.25) is 0 Å². The maximum absolute atomic E-state index is 5.41. The van der Waals surface area contributed by atoms with Crippen LogP contribution in [0.4, 0.5) is 0 Å². The number of ether oxygens (including phenoxy) is 1. The first-order valence-corrected chi connectivity index (χ1v) is 8.95. The molecule has 4 nitrogen and oxygen atoms in total. The number of halogens is 1. The Bertz CT molecular complexity index is 585. The van der Waals surface area contributed by atoms with E-state index < -0.39 is 0 Å². The predicted octanol–water partition coefficient (Wildman–Crippen LogP) is 4.16. The van der Waals surface area contributed by atoms with Gasteiger partial charge in [0.05, 0.1) is 13.2 Å². The first-order valence-electron chi connectivity index (χ1n) is 8.00. The van der Waals surface area contributed by atoms with Crippen molar-refractivity contribution in [3.8, 4) is 0 Å². The average Bonchev–Trinajstić information content (AvgIpc) is 3.10. The van der Waals surface area contributed by atoms with Gasteiger partial charge in [-0.05, 0) is 47.4 Å². The van der Waals surface area contributed by atoms with E-state index in [1.165, 1.54) is 16.7 Å². The quantitative estimate of drug-likeness (QED) is 0.354. The van der Waals surface area contributed by atoms with Crippen LogP contribution in [0.1, 0.15) is 30.5 Å². The van der Waals surface area contributed by atoms with Crippen LogP contribution in [-0.2, 0) is 24.4 Å². The number of rotatable bonds is 8. The summed E-state index contributed by atoms with van der Waals surface area (Å²) in [5.74, 6) is 0.845. The van der Waals surface area contributed by atoms with Gasteiger partial charge in [0.25, 0.3) is 0 Å². The Morgan fingerprint density at radius 1 is 1.04 bits per heavy atom. The predicted molar refractivity (Wildman–Crippen MR) is 113 cm³/mol. The molecule has 0 amide bonds. The molecule has 0 saturated carbocycles. The second-order valence-corrected chi connectivity index (χ2v) is 5.91. The summed E-state index contributed by atoms with van der Waals surface area (Å²) >= 11 is 1.70. The molecular formula is C18H26IN3OS. The van der Waals surface area contributed by atoms with E-state index in [0.29, 0.717) is 13.2 Å². The Morgan fingerprint density at radius 3 is 2.42 bits per heavy atom. The van der Waals surface area contributed by atoms with E-state index in [9.17, 15) is 0 Å². The van der Waals surface area contributed by atoms with E-state index in [1.54, 1.807) is 11.3 Å². The maximum Gasteiger partial charge on any atom is 0.191 e. The third kappa shape index (κ3) is 7.63. The third-order valence-electron chi connectivity index (χ3n) is 3.30. The van der Waals surface area contributed by atoms with Gasteiger partial charge in [0, 0.05) is 19.7 Å². The van der Waals surface area contributed by atoms with Crippen LogP contribution in [0.2, 0.25) is 0 Å². The Kier molecular flexibility index (Phi) is 10.7. The number of hydrogen-bond acceptors (Lipinski definition) is 3. The van der Waals surface area contributed by atoms with Gasteiger partial charge in [-0.1, -0.05) is 24.3 Å². The second kappa shape index (κ2) is 12.3. The lowest BCUT2D eigenvalue weighted by molar-refractivity contribution is 0.134. The van der Waals surface area contributed by atoms with Crippen LogP contribution in [0.25, 0.3) is 0 Å². The summed E-state index contributed by atoms with van der Waals surface area (Å²) in [6.45, 7) is 7.81. The van der Waals surface area contributed by atoms with Gasteiger partial charge in [-0.2, -0.15) is 11.3 Å². The Balaban J connectivity index is 0.00000288. The first kappa shape index (κ1) is 20.9. The largest absolute Gasteiger partial charge is 0.377 e. The van der Waals surface area contributed by atoms with E-state index in [2.05, 4.69) is 63.6 Å². The van der Waals surface area contributed by atoms with E-state index in [-0.39, 0.29) is 24.0 Å². The van der Waals surface area contributed by atoms with Gasteiger partial charge in [0.15, 0.2) is 5.96 Å². The van der Waals surface area contributed by atoms with Crippen molar-refractivity contribution in [3.05, 3.63) is 57.8 Å². The average molecular weight is 459 g/mol. The molecule has 1 heterocycles. The van der Waals surface area contributed by atoms with E-state index in [0.717, 1.165) is 25.7 Å². The highest BCUT2D eigenvalue weighted by molar-refractivity contribution is 14.0. The molecule has 0 aliphatic rings. The minimum Gasteiger partial charge on any atom is -0.377 e. The zero-order chi connectivity index (χ0) is 16.3. The fourth-order valence-corrected chi connectivity index (χ4v) is 2.71. The van der Waals surface area contributed by atoms with Crippen LogP contribution in [0, 0.1) is 0 Å². The lowest BCUT2D eigenvalue weighted by atomic mass is 10.1. The molecule has 2 rings (SSSR count). The van der Waals surface area contributed by atoms with Crippen LogP contribution >= 0.6 is 35.3 Å². The fraction of sp³-hybridized carbons (Fsp3) is 0.389. The number of aliphatic imine (C=N–C) groups is 1. The van der Waals surface area contributed by atoms with Crippen molar-refractivity contribution in [1.82, 2.24) is 10.6 Å². The number of nitrogens with one attached hydrogen (secondary N) is 2. The van der Waals surface area contributed by atoms with Crippen LogP contribution in [-0.4, -0.2) is 19.1 Å². The van der Waals surface area contributed by atoms with Crippen LogP contribution < -0.4 is 10.6 Å². The SMILES string of the molecule is CCNC(=NCc1ccsc1)NCc1ccc(COCC)cc1.I. The minimum atomic E-state index is 0. The molecule has 0 aliphatic carbocycles. The first-order chi connectivity index (χ1) is 11.3. The molecule has 2 aromatic rings. The molecule has 0 atom stereocenters. The highest BCUT2D eigenvalue weighted by Crippen LogP contribution is 2.07. The van der Waals surface area contributed by atoms with Crippen molar-refractivity contribution in [2.24, 2.45) is 4.99 Å². The van der Waals surface area contributed by atoms with Crippen molar-refractivity contribution < 1.29 is 4.74 Å². The Morgan fingerprint density at radius 2 is 1.79 bits per heavy atom. The van der Waals surface area contributed by atoms with Gasteiger partial charge in [-0.3, -0.25) is 0 Å². The van der Waals surface area contributed by atoms with Crippen molar-refractivity contribution in [2.45, 2.75) is 33.5 Å². The lowest BCUT2D eigenvalue weighted by Gasteiger charge is -2.11. The van der Waals surface area contributed by atoms with Gasteiger partial charge in [-0.25, -0.2) is 4.99 Å². The molecule has 1 aromatic carbocycles. The van der Waals surface area contributed by atoms with Crippen molar-refractivity contribution >= 4 is 41.3 Å². The van der Waals surface area contributed by atoms with Gasteiger partial charge >= 0.3 is 0 Å². The molecular weight excluding hydrogens is 433 g/mol. The standard InChI is InChI=1S/C18H25N3OS.HI/c1-3-19-18(21-12-17-9-10-23-14-17)20-11-15-5-7-16(8-6-15)13-22-4-2;/h5-10,14H,3-4,11-13H2,1-2H3,(H2,19,20,21);1H. The summed E-state index contributed by atoms with van der Waals surface area (Å²) in [6.07, 6.45) is 0. The molecule has 0 radical (unpaired) electrons. The molecule has 0 saturated heterocycles. The summed E-state index contributed by atoms with van der Waals surface area (Å²) in [5, 5.41) is 10.9. The molecule has 6 heteroatoms. The molecule has 24 heavy (non-hydrogen) atoms. The number of hydrogen-bond donors (Lipinski definition) is 2. The topological polar surface area (TPSA) is 45.7 Å². The maximum atomic E-state index is 5.41. The number of thiophene rings is 1. The summed E-state index contributed by atoms with van der Waals surface area (Å²) in [4.78, 5) is 4.61. The van der Waals surface area contributed by atoms with Crippen molar-refractivity contribution in [3.63, 3.8) is 0 Å². The molecule has 0 aliphatic heterocycles. The smallest absolute Gasteiger partial charge is 0.191 e. The van der Waals surface area contributed by atoms with Crippen LogP contribution in [0.3, 0.4) is 0 Å². The number of nitrogens with zero attached hydrogens (tertiary/aromatic N) is 1. The van der Waals surface area contributed by atoms with Crippen LogP contribution in [0.15, 0.2) is 46.1 Å². The molecule has 1 aromatic heterocycles. The summed E-state index contributed by atoms with van der Waals surface area (Å²) < 4.78 is 5.41. The fourth-order valence-electron chi connectivity index (χ4n) is 2.05. The van der Waals surface area contributed by atoms with Crippen LogP contribution in [0.5, 0.6) is 0 Å². The molecule has 2 N–H and O–H groups in total. The second-order valence-electron chi connectivity index (χ2n) is 5.13. The molecule has 0 fully saturated rings. The number of benzene rings is 1. The van der Waals surface area contributed by atoms with Gasteiger partial charge in [-0.15, -0.1) is 24.0 Å². The lowest BCUT2D eigenvalue weighted by Crippen LogP contribution is -2.36. The molecule has 0 spiro atoms. The van der Waals surface area contributed by atoms with Gasteiger partial charge < -0.3 is 15.4 Å². The zero-order valence-electron chi connectivity index (χ0n) is 14.2. The monoisotopic (exact) mass is 459 g/mol. The highest BCUT2D eigenvalue weighted by atomic mass is 127. The zero-order valence-corrected chi connectivity index (χ0v) is 17.4. The minimum absolute atomic E-state index is 0. The normalized spacial score (nSPS) is 11.0. The third-order valence-corrected chi connectivity index (χ3v) is 4.03. The molecule has 0 bridgehead atoms. The number of guanidine groups is 1. The highest BCUT2D eigenvalue weighted by Gasteiger charge is 2.00. The van der Waals surface area contributed by atoms with E-state index in [4.69, 9.17) is 4.74 Å².